The second kappa shape index (κ2) is 10.3. The summed E-state index contributed by atoms with van der Waals surface area (Å²) in [5, 5.41) is 4.88. The number of rotatable bonds is 6. The zero-order valence-electron chi connectivity index (χ0n) is 19.5. The zero-order valence-corrected chi connectivity index (χ0v) is 19.5. The number of nitrogens with one attached hydrogen (secondary N) is 2. The van der Waals surface area contributed by atoms with Crippen molar-refractivity contribution in [2.75, 3.05) is 14.1 Å². The molecule has 2 aromatic rings. The lowest BCUT2D eigenvalue weighted by molar-refractivity contribution is -0.123. The Morgan fingerprint density at radius 1 is 1.20 bits per heavy atom. The topological polar surface area (TPSA) is 77.0 Å². The van der Waals surface area contributed by atoms with Gasteiger partial charge in [-0.05, 0) is 23.3 Å². The SMILES string of the molecule is C#CCC(=O)NN1C(=NCc2ccc(-c3ccccc3C(=O)N(C)C)cc2F)NC2C=CC=CC21. The van der Waals surface area contributed by atoms with Crippen LogP contribution in [0.1, 0.15) is 22.3 Å². The number of fused-ring (bicyclic) bond motifs is 1. The molecule has 178 valence electrons. The van der Waals surface area contributed by atoms with E-state index in [2.05, 4.69) is 21.7 Å². The normalized spacial score (nSPS) is 19.1. The van der Waals surface area contributed by atoms with Gasteiger partial charge in [-0.3, -0.25) is 15.0 Å². The Balaban J connectivity index is 1.57. The van der Waals surface area contributed by atoms with Gasteiger partial charge in [0.05, 0.1) is 25.0 Å². The Kier molecular flexibility index (Phi) is 6.97. The fraction of sp³-hybridized carbons (Fsp3) is 0.222. The van der Waals surface area contributed by atoms with Crippen molar-refractivity contribution in [3.05, 3.63) is 83.7 Å². The fourth-order valence-electron chi connectivity index (χ4n) is 4.02. The molecule has 2 atom stereocenters. The molecule has 8 heteroatoms. The first-order valence-electron chi connectivity index (χ1n) is 11.2. The summed E-state index contributed by atoms with van der Waals surface area (Å²) in [5.41, 5.74) is 4.93. The molecule has 1 saturated heterocycles. The molecular formula is C27H26FN5O2. The lowest BCUT2D eigenvalue weighted by Crippen LogP contribution is -2.49. The molecule has 0 aromatic heterocycles. The number of terminal acetylenes is 1. The van der Waals surface area contributed by atoms with Gasteiger partial charge in [-0.1, -0.05) is 60.6 Å². The van der Waals surface area contributed by atoms with Crippen molar-refractivity contribution in [2.45, 2.75) is 25.0 Å². The Bertz CT molecular complexity index is 1270. The highest BCUT2D eigenvalue weighted by atomic mass is 19.1. The van der Waals surface area contributed by atoms with E-state index in [9.17, 15) is 9.59 Å². The van der Waals surface area contributed by atoms with Gasteiger partial charge in [0.25, 0.3) is 11.8 Å². The van der Waals surface area contributed by atoms with Gasteiger partial charge in [-0.15, -0.1) is 6.42 Å². The number of amides is 2. The monoisotopic (exact) mass is 471 g/mol. The highest BCUT2D eigenvalue weighted by Gasteiger charge is 2.36. The standard InChI is InChI=1S/C27H26FN5O2/c1-4-9-25(34)31-33-24-13-8-7-12-23(24)30-27(33)29-17-19-15-14-18(16-22(19)28)20-10-5-6-11-21(20)26(35)32(2)3/h1,5-8,10-16,23-24H,9,17H2,2-3H3,(H,29,30)(H,31,34). The number of aliphatic imine (C=N–C) groups is 1. The van der Waals surface area contributed by atoms with Crippen LogP contribution >= 0.6 is 0 Å². The average molecular weight is 472 g/mol. The van der Waals surface area contributed by atoms with Crippen LogP contribution in [0.4, 0.5) is 4.39 Å². The fourth-order valence-corrected chi connectivity index (χ4v) is 4.02. The van der Waals surface area contributed by atoms with E-state index in [1.807, 2.05) is 30.4 Å². The average Bonchev–Trinajstić information content (AvgIpc) is 3.20. The van der Waals surface area contributed by atoms with Gasteiger partial charge in [-0.2, -0.15) is 0 Å². The Morgan fingerprint density at radius 2 is 1.97 bits per heavy atom. The van der Waals surface area contributed by atoms with Gasteiger partial charge < -0.3 is 10.2 Å². The molecule has 0 saturated carbocycles. The van der Waals surface area contributed by atoms with E-state index >= 15 is 4.39 Å². The second-order valence-corrected chi connectivity index (χ2v) is 8.41. The molecule has 1 fully saturated rings. The third kappa shape index (κ3) is 5.09. The Hall–Kier alpha value is -4.38. The third-order valence-electron chi connectivity index (χ3n) is 5.76. The summed E-state index contributed by atoms with van der Waals surface area (Å²) in [7, 11) is 3.36. The Labute approximate surface area is 204 Å². The molecule has 2 N–H and O–H groups in total. The van der Waals surface area contributed by atoms with E-state index in [1.54, 1.807) is 49.4 Å². The van der Waals surface area contributed by atoms with Gasteiger partial charge in [0, 0.05) is 25.2 Å². The summed E-state index contributed by atoms with van der Waals surface area (Å²) in [6, 6.07) is 11.7. The van der Waals surface area contributed by atoms with Crippen molar-refractivity contribution < 1.29 is 14.0 Å². The van der Waals surface area contributed by atoms with Crippen LogP contribution in [0.3, 0.4) is 0 Å². The molecule has 2 unspecified atom stereocenters. The van der Waals surface area contributed by atoms with Gasteiger partial charge in [0.15, 0.2) is 0 Å². The number of nitrogens with zero attached hydrogens (tertiary/aromatic N) is 3. The van der Waals surface area contributed by atoms with E-state index in [1.165, 1.54) is 11.0 Å². The smallest absolute Gasteiger partial charge is 0.253 e. The highest BCUT2D eigenvalue weighted by molar-refractivity contribution is 6.00. The van der Waals surface area contributed by atoms with Gasteiger partial charge in [0.1, 0.15) is 5.82 Å². The number of guanidine groups is 1. The predicted octanol–water partition coefficient (Wildman–Crippen LogP) is 2.87. The van der Waals surface area contributed by atoms with E-state index < -0.39 is 5.82 Å². The summed E-state index contributed by atoms with van der Waals surface area (Å²) in [5.74, 6) is 1.84. The molecule has 1 aliphatic heterocycles. The summed E-state index contributed by atoms with van der Waals surface area (Å²) < 4.78 is 15.1. The van der Waals surface area contributed by atoms with Crippen molar-refractivity contribution in [1.82, 2.24) is 20.7 Å². The molecule has 0 bridgehead atoms. The van der Waals surface area contributed by atoms with Crippen molar-refractivity contribution in [2.24, 2.45) is 4.99 Å². The van der Waals surface area contributed by atoms with Crippen molar-refractivity contribution in [3.63, 3.8) is 0 Å². The summed E-state index contributed by atoms with van der Waals surface area (Å²) in [4.78, 5) is 30.7. The third-order valence-corrected chi connectivity index (χ3v) is 5.76. The quantitative estimate of drug-likeness (QED) is 0.636. The lowest BCUT2D eigenvalue weighted by atomic mass is 9.97. The predicted molar refractivity (Wildman–Crippen MR) is 133 cm³/mol. The first-order valence-corrected chi connectivity index (χ1v) is 11.2. The van der Waals surface area contributed by atoms with E-state index in [0.717, 1.165) is 0 Å². The van der Waals surface area contributed by atoms with Gasteiger partial charge in [0.2, 0.25) is 5.96 Å². The van der Waals surface area contributed by atoms with Crippen LogP contribution in [0, 0.1) is 18.2 Å². The summed E-state index contributed by atoms with van der Waals surface area (Å²) in [6.45, 7) is 0.0566. The molecule has 35 heavy (non-hydrogen) atoms. The number of hydrazine groups is 1. The molecule has 1 aliphatic carbocycles. The van der Waals surface area contributed by atoms with Crippen molar-refractivity contribution in [3.8, 4) is 23.5 Å². The van der Waals surface area contributed by atoms with Crippen molar-refractivity contribution >= 4 is 17.8 Å². The van der Waals surface area contributed by atoms with Crippen molar-refractivity contribution in [1.29, 1.82) is 0 Å². The number of hydrogen-bond acceptors (Lipinski definition) is 3. The number of halogens is 1. The molecular weight excluding hydrogens is 445 g/mol. The van der Waals surface area contributed by atoms with E-state index in [0.29, 0.717) is 28.2 Å². The number of allylic oxidation sites excluding steroid dienone is 2. The maximum atomic E-state index is 15.1. The molecule has 0 spiro atoms. The Morgan fingerprint density at radius 3 is 2.71 bits per heavy atom. The minimum Gasteiger partial charge on any atom is -0.346 e. The van der Waals surface area contributed by atoms with E-state index in [4.69, 9.17) is 6.42 Å². The molecule has 1 heterocycles. The second-order valence-electron chi connectivity index (χ2n) is 8.41. The first-order chi connectivity index (χ1) is 16.9. The molecule has 2 aliphatic rings. The molecule has 2 amide bonds. The van der Waals surface area contributed by atoms with Crippen LogP contribution in [-0.2, 0) is 11.3 Å². The highest BCUT2D eigenvalue weighted by Crippen LogP contribution is 2.27. The molecule has 4 rings (SSSR count). The van der Waals surface area contributed by atoms with Gasteiger partial charge >= 0.3 is 0 Å². The van der Waals surface area contributed by atoms with Crippen LogP contribution < -0.4 is 10.7 Å². The number of hydrogen-bond donors (Lipinski definition) is 2. The number of carbonyl (C=O) groups excluding carboxylic acids is 2. The van der Waals surface area contributed by atoms with E-state index in [-0.39, 0.29) is 36.9 Å². The largest absolute Gasteiger partial charge is 0.346 e. The maximum absolute atomic E-state index is 15.1. The summed E-state index contributed by atoms with van der Waals surface area (Å²) in [6.07, 6.45) is 12.9. The first kappa shape index (κ1) is 23.8. The number of carbonyl (C=O) groups is 2. The van der Waals surface area contributed by atoms with Crippen LogP contribution in [0.15, 0.2) is 71.8 Å². The van der Waals surface area contributed by atoms with Crippen LogP contribution in [0.25, 0.3) is 11.1 Å². The minimum absolute atomic E-state index is 0.0566. The van der Waals surface area contributed by atoms with Gasteiger partial charge in [-0.25, -0.2) is 14.4 Å². The molecule has 0 radical (unpaired) electrons. The summed E-state index contributed by atoms with van der Waals surface area (Å²) >= 11 is 0. The van der Waals surface area contributed by atoms with Crippen LogP contribution in [0.5, 0.6) is 0 Å². The molecule has 2 aromatic carbocycles. The van der Waals surface area contributed by atoms with Crippen LogP contribution in [0.2, 0.25) is 0 Å². The van der Waals surface area contributed by atoms with Crippen LogP contribution in [-0.4, -0.2) is 53.9 Å². The maximum Gasteiger partial charge on any atom is 0.253 e. The molecule has 7 nitrogen and oxygen atoms in total. The number of benzene rings is 2. The zero-order chi connectivity index (χ0) is 24.9. The lowest BCUT2D eigenvalue weighted by Gasteiger charge is -2.25. The minimum atomic E-state index is -0.433.